The number of hydrogen-bond donors (Lipinski definition) is 9. The first-order chi connectivity index (χ1) is 39.4. The van der Waals surface area contributed by atoms with Gasteiger partial charge in [-0.3, -0.25) is 0 Å². The lowest BCUT2D eigenvalue weighted by Gasteiger charge is -2.48. The number of nitrogens with one attached hydrogen (secondary N) is 3. The van der Waals surface area contributed by atoms with Gasteiger partial charge in [-0.2, -0.15) is 0 Å². The van der Waals surface area contributed by atoms with Crippen molar-refractivity contribution in [2.45, 2.75) is 195 Å². The number of azide groups is 1. The summed E-state index contributed by atoms with van der Waals surface area (Å²) in [5, 5.41) is 81.4. The summed E-state index contributed by atoms with van der Waals surface area (Å²) in [6.07, 6.45) is -21.2. The maximum absolute atomic E-state index is 13.5. The number of carbonyl (C=O) groups is 3. The number of carbonyl (C=O) groups excluding carboxylic acids is 3. The van der Waals surface area contributed by atoms with Crippen LogP contribution in [-0.4, -0.2) is 178 Å². The average molecular weight is 1150 g/mol. The van der Waals surface area contributed by atoms with E-state index < -0.39 is 153 Å². The van der Waals surface area contributed by atoms with Crippen LogP contribution < -0.4 is 16.0 Å². The number of benzene rings is 3. The molecule has 5 aliphatic rings. The van der Waals surface area contributed by atoms with Crippen LogP contribution in [0, 0.1) is 11.8 Å². The van der Waals surface area contributed by atoms with Crippen LogP contribution in [0.25, 0.3) is 10.4 Å². The summed E-state index contributed by atoms with van der Waals surface area (Å²) in [5.41, 5.74) is 10.7. The van der Waals surface area contributed by atoms with Crippen molar-refractivity contribution in [2.24, 2.45) is 17.0 Å². The molecule has 20 atom stereocenters. The van der Waals surface area contributed by atoms with E-state index in [1.54, 1.807) is 69.3 Å². The third kappa shape index (κ3) is 16.7. The summed E-state index contributed by atoms with van der Waals surface area (Å²) in [6, 6.07) is 24.9. The van der Waals surface area contributed by atoms with Crippen LogP contribution in [0.3, 0.4) is 0 Å². The molecule has 25 nitrogen and oxygen atoms in total. The second kappa shape index (κ2) is 29.2. The SMILES string of the molecule is C[C@H]1C[C@@H](CCC(O)CNC(=O)OC(C)(C)C)[C@H](O)[C@@H](O[C@@H]2O[C@H](CO)[C@@H](O[C@H]3O[C@H]4CCC(c5ccccc5)O[C@H]4[C@H](O)[C@H]3NC(=O)OCc3ccccc3)[C@H]2O)[C@@H]1O[C@H]1O[C@H](CN=[N+]=[N-])[C@@H](O)C[C@H]1NC(=O)OCc1ccccc1. The third-order valence-electron chi connectivity index (χ3n) is 15.3. The van der Waals surface area contributed by atoms with Gasteiger partial charge in [0.05, 0.1) is 61.9 Å². The highest BCUT2D eigenvalue weighted by molar-refractivity contribution is 5.68. The highest BCUT2D eigenvalue weighted by Gasteiger charge is 2.56. The van der Waals surface area contributed by atoms with Crippen molar-refractivity contribution in [3.05, 3.63) is 118 Å². The number of alkyl carbamates (subject to hydrolysis) is 3. The molecule has 450 valence electrons. The molecule has 0 radical (unpaired) electrons. The smallest absolute Gasteiger partial charge is 0.407 e. The fourth-order valence-electron chi connectivity index (χ4n) is 11.1. The molecule has 4 saturated heterocycles. The lowest BCUT2D eigenvalue weighted by Crippen LogP contribution is -2.66. The van der Waals surface area contributed by atoms with Crippen molar-refractivity contribution < 1.29 is 92.4 Å². The van der Waals surface area contributed by atoms with Gasteiger partial charge in [-0.15, -0.1) is 0 Å². The van der Waals surface area contributed by atoms with Gasteiger partial charge in [-0.05, 0) is 86.9 Å². The molecule has 82 heavy (non-hydrogen) atoms. The molecule has 9 N–H and O–H groups in total. The predicted octanol–water partition coefficient (Wildman–Crippen LogP) is 4.29. The van der Waals surface area contributed by atoms with E-state index in [1.807, 2.05) is 49.4 Å². The average Bonchev–Trinajstić information content (AvgIpc) is 3.78. The molecule has 3 amide bonds. The molecule has 4 heterocycles. The highest BCUT2D eigenvalue weighted by Crippen LogP contribution is 2.42. The van der Waals surface area contributed by atoms with Crippen molar-refractivity contribution in [3.8, 4) is 0 Å². The molecule has 25 heteroatoms. The number of fused-ring (bicyclic) bond motifs is 1. The van der Waals surface area contributed by atoms with E-state index in [4.69, 9.17) is 47.4 Å². The van der Waals surface area contributed by atoms with E-state index in [2.05, 4.69) is 26.0 Å². The van der Waals surface area contributed by atoms with Gasteiger partial charge in [-0.1, -0.05) is 103 Å². The zero-order chi connectivity index (χ0) is 58.5. The first-order valence-corrected chi connectivity index (χ1v) is 27.9. The molecule has 1 saturated carbocycles. The molecular weight excluding hydrogens is 1070 g/mol. The number of aliphatic hydroxyl groups is 6. The number of amides is 3. The molecule has 0 spiro atoms. The summed E-state index contributed by atoms with van der Waals surface area (Å²) in [5.74, 6) is -1.13. The minimum absolute atomic E-state index is 0.0807. The zero-order valence-corrected chi connectivity index (χ0v) is 46.3. The Labute approximate surface area is 475 Å². The Balaban J connectivity index is 1.02. The minimum atomic E-state index is -1.75. The van der Waals surface area contributed by atoms with Gasteiger partial charge in [0.25, 0.3) is 0 Å². The van der Waals surface area contributed by atoms with E-state index in [-0.39, 0.29) is 52.0 Å². The minimum Gasteiger partial charge on any atom is -0.445 e. The Morgan fingerprint density at radius 1 is 0.720 bits per heavy atom. The van der Waals surface area contributed by atoms with Crippen molar-refractivity contribution in [1.29, 1.82) is 0 Å². The quantitative estimate of drug-likeness (QED) is 0.0311. The fraction of sp³-hybridized carbons (Fsp3) is 0.632. The summed E-state index contributed by atoms with van der Waals surface area (Å²) < 4.78 is 61.5. The van der Waals surface area contributed by atoms with Crippen molar-refractivity contribution in [1.82, 2.24) is 16.0 Å². The van der Waals surface area contributed by atoms with Gasteiger partial charge >= 0.3 is 18.3 Å². The molecule has 5 fully saturated rings. The zero-order valence-electron chi connectivity index (χ0n) is 46.3. The van der Waals surface area contributed by atoms with Gasteiger partial charge in [0.1, 0.15) is 61.5 Å². The van der Waals surface area contributed by atoms with E-state index in [0.717, 1.165) is 5.56 Å². The van der Waals surface area contributed by atoms with Crippen LogP contribution in [-0.2, 0) is 60.6 Å². The van der Waals surface area contributed by atoms with Gasteiger partial charge in [0.2, 0.25) is 0 Å². The summed E-state index contributed by atoms with van der Waals surface area (Å²) in [4.78, 5) is 42.1. The number of hydrogen-bond acceptors (Lipinski definition) is 20. The Hall–Kier alpha value is -5.74. The molecule has 1 aliphatic carbocycles. The fourth-order valence-corrected chi connectivity index (χ4v) is 11.1. The molecule has 8 rings (SSSR count). The molecular formula is C57H78N6O19. The standard InChI is InChI=1S/C57H78N6O19/c1-31-24-35(20-21-36(65)26-59-54(70)82-57(2,3)4)44(67)50(47(31)79-51-37(25-38(66)41(77-51)27-60-63-58)61-55(71)73-29-32-14-8-5-9-15-32)81-53-46(69)49(42(28-64)78-53)80-52-43(62-56(72)74-30-33-16-10-6-11-17-33)45(68)48-40(76-52)23-22-39(75-48)34-18-12-7-13-19-34/h5-19,31,35-53,64-69H,20-30H2,1-4H3,(H,59,70)(H,61,71)(H,62,72)/t31-,35+,36?,37+,38-,39?,40-,41+,42+,43+,44-,45+,46+,47+,48+,49+,50+,51+,52+,53-/m0/s1. The van der Waals surface area contributed by atoms with Crippen LogP contribution in [0.1, 0.15) is 89.0 Å². The van der Waals surface area contributed by atoms with E-state index in [0.29, 0.717) is 24.0 Å². The molecule has 0 aromatic heterocycles. The maximum atomic E-state index is 13.5. The predicted molar refractivity (Wildman–Crippen MR) is 287 cm³/mol. The lowest BCUT2D eigenvalue weighted by molar-refractivity contribution is -0.311. The third-order valence-corrected chi connectivity index (χ3v) is 15.3. The second-order valence-corrected chi connectivity index (χ2v) is 22.5. The summed E-state index contributed by atoms with van der Waals surface area (Å²) in [7, 11) is 0. The summed E-state index contributed by atoms with van der Waals surface area (Å²) >= 11 is 0. The monoisotopic (exact) mass is 1150 g/mol. The van der Waals surface area contributed by atoms with Gasteiger partial charge in [-0.25, -0.2) is 14.4 Å². The topological polar surface area (TPSA) is 350 Å². The van der Waals surface area contributed by atoms with Crippen LogP contribution >= 0.6 is 0 Å². The van der Waals surface area contributed by atoms with Crippen LogP contribution in [0.5, 0.6) is 0 Å². The Morgan fingerprint density at radius 3 is 1.96 bits per heavy atom. The molecule has 4 aliphatic heterocycles. The van der Waals surface area contributed by atoms with Gasteiger partial charge in [0, 0.05) is 17.9 Å². The van der Waals surface area contributed by atoms with Crippen molar-refractivity contribution in [3.63, 3.8) is 0 Å². The Bertz CT molecular complexity index is 2530. The second-order valence-electron chi connectivity index (χ2n) is 22.5. The first-order valence-electron chi connectivity index (χ1n) is 27.9. The van der Waals surface area contributed by atoms with Crippen LogP contribution in [0.2, 0.25) is 0 Å². The number of rotatable bonds is 21. The normalized spacial score (nSPS) is 34.0. The van der Waals surface area contributed by atoms with Crippen molar-refractivity contribution >= 4 is 18.3 Å². The van der Waals surface area contributed by atoms with Gasteiger partial charge < -0.3 is 94.0 Å². The highest BCUT2D eigenvalue weighted by atomic mass is 16.8. The molecule has 2 unspecified atom stereocenters. The Morgan fingerprint density at radius 2 is 1.33 bits per heavy atom. The number of nitrogens with zero attached hydrogens (tertiary/aromatic N) is 3. The van der Waals surface area contributed by atoms with Gasteiger partial charge in [0.15, 0.2) is 18.9 Å². The van der Waals surface area contributed by atoms with Crippen molar-refractivity contribution in [2.75, 3.05) is 19.7 Å². The van der Waals surface area contributed by atoms with E-state index in [9.17, 15) is 50.6 Å². The number of ether oxygens (including phenoxy) is 10. The largest absolute Gasteiger partial charge is 0.445 e. The Kier molecular flexibility index (Phi) is 22.2. The lowest BCUT2D eigenvalue weighted by atomic mass is 9.74. The summed E-state index contributed by atoms with van der Waals surface area (Å²) in [6.45, 7) is 5.57. The molecule has 3 aromatic carbocycles. The van der Waals surface area contributed by atoms with E-state index in [1.165, 1.54) is 0 Å². The van der Waals surface area contributed by atoms with E-state index >= 15 is 0 Å². The molecule has 3 aromatic rings. The number of aliphatic hydroxyl groups excluding tert-OH is 6. The van der Waals surface area contributed by atoms with Crippen LogP contribution in [0.4, 0.5) is 14.4 Å². The molecule has 0 bridgehead atoms. The first kappa shape index (κ1) is 62.3. The maximum Gasteiger partial charge on any atom is 0.407 e. The van der Waals surface area contributed by atoms with Crippen LogP contribution in [0.15, 0.2) is 96.1 Å².